The van der Waals surface area contributed by atoms with Gasteiger partial charge in [0.1, 0.15) is 6.04 Å². The molecule has 3 nitrogen and oxygen atoms in total. The van der Waals surface area contributed by atoms with Crippen molar-refractivity contribution in [1.82, 2.24) is 10.3 Å². The van der Waals surface area contributed by atoms with Crippen molar-refractivity contribution in [1.29, 1.82) is 5.26 Å². The molecule has 0 aliphatic heterocycles. The number of hydrogen-bond acceptors (Lipinski definition) is 3. The molecule has 20 heavy (non-hydrogen) atoms. The second-order valence-electron chi connectivity index (χ2n) is 5.49. The van der Waals surface area contributed by atoms with Crippen LogP contribution in [0.5, 0.6) is 0 Å². The molecule has 1 unspecified atom stereocenters. The molecule has 1 aromatic heterocycles. The molecular weight excluding hydrogens is 246 g/mol. The average Bonchev–Trinajstić information content (AvgIpc) is 2.53. The number of aromatic nitrogens is 1. The van der Waals surface area contributed by atoms with Crippen molar-refractivity contribution in [3.63, 3.8) is 0 Å². The number of nitriles is 1. The number of nitrogens with one attached hydrogen (secondary N) is 1. The third-order valence-electron chi connectivity index (χ3n) is 4.11. The molecule has 0 amide bonds. The van der Waals surface area contributed by atoms with Crippen molar-refractivity contribution in [3.05, 3.63) is 42.1 Å². The highest BCUT2D eigenvalue weighted by atomic mass is 15.0. The van der Waals surface area contributed by atoms with Gasteiger partial charge in [-0.05, 0) is 18.9 Å². The molecule has 2 aromatic rings. The van der Waals surface area contributed by atoms with Gasteiger partial charge in [-0.25, -0.2) is 0 Å². The van der Waals surface area contributed by atoms with Crippen LogP contribution >= 0.6 is 0 Å². The summed E-state index contributed by atoms with van der Waals surface area (Å²) in [6.07, 6.45) is 8.01. The Morgan fingerprint density at radius 2 is 1.95 bits per heavy atom. The van der Waals surface area contributed by atoms with Crippen LogP contribution in [-0.4, -0.2) is 11.0 Å². The molecule has 0 bridgehead atoms. The lowest BCUT2D eigenvalue weighted by Crippen LogP contribution is -2.34. The van der Waals surface area contributed by atoms with Gasteiger partial charge in [-0.3, -0.25) is 10.3 Å². The molecule has 1 N–H and O–H groups in total. The molecule has 3 heteroatoms. The van der Waals surface area contributed by atoms with E-state index in [-0.39, 0.29) is 6.04 Å². The fourth-order valence-corrected chi connectivity index (χ4v) is 3.06. The summed E-state index contributed by atoms with van der Waals surface area (Å²) in [5, 5.41) is 14.1. The molecule has 1 saturated carbocycles. The maximum atomic E-state index is 9.53. The van der Waals surface area contributed by atoms with Crippen molar-refractivity contribution >= 4 is 10.9 Å². The first kappa shape index (κ1) is 13.1. The number of hydrogen-bond donors (Lipinski definition) is 1. The van der Waals surface area contributed by atoms with Crippen molar-refractivity contribution in [2.24, 2.45) is 0 Å². The number of fused-ring (bicyclic) bond motifs is 1. The fraction of sp³-hybridized carbons (Fsp3) is 0.412. The molecule has 1 heterocycles. The summed E-state index contributed by atoms with van der Waals surface area (Å²) in [4.78, 5) is 4.45. The Morgan fingerprint density at radius 1 is 1.15 bits per heavy atom. The Morgan fingerprint density at radius 3 is 2.75 bits per heavy atom. The van der Waals surface area contributed by atoms with Crippen LogP contribution in [0.15, 0.2) is 36.5 Å². The van der Waals surface area contributed by atoms with E-state index in [1.807, 2.05) is 30.3 Å². The zero-order valence-corrected chi connectivity index (χ0v) is 11.5. The van der Waals surface area contributed by atoms with Crippen LogP contribution < -0.4 is 5.32 Å². The first-order valence-electron chi connectivity index (χ1n) is 7.38. The zero-order valence-electron chi connectivity index (χ0n) is 11.5. The Kier molecular flexibility index (Phi) is 3.94. The minimum atomic E-state index is -0.267. The minimum Gasteiger partial charge on any atom is -0.295 e. The van der Waals surface area contributed by atoms with E-state index in [0.717, 1.165) is 16.5 Å². The number of benzene rings is 1. The Bertz CT molecular complexity index is 618. The van der Waals surface area contributed by atoms with Crippen LogP contribution in [-0.2, 0) is 0 Å². The maximum absolute atomic E-state index is 9.53. The van der Waals surface area contributed by atoms with E-state index in [1.54, 1.807) is 6.20 Å². The van der Waals surface area contributed by atoms with Gasteiger partial charge in [0.05, 0.1) is 11.6 Å². The monoisotopic (exact) mass is 265 g/mol. The van der Waals surface area contributed by atoms with Crippen molar-refractivity contribution in [2.45, 2.75) is 44.2 Å². The van der Waals surface area contributed by atoms with Crippen LogP contribution in [0.3, 0.4) is 0 Å². The predicted molar refractivity (Wildman–Crippen MR) is 80.1 cm³/mol. The Hall–Kier alpha value is -1.92. The lowest BCUT2D eigenvalue weighted by atomic mass is 9.94. The summed E-state index contributed by atoms with van der Waals surface area (Å²) in [6, 6.07) is 12.6. The summed E-state index contributed by atoms with van der Waals surface area (Å²) in [5.41, 5.74) is 1.93. The molecule has 0 saturated heterocycles. The molecule has 102 valence electrons. The standard InChI is InChI=1S/C17H19N3/c18-12-16(20-14-8-2-1-3-9-14)15-10-4-6-13-7-5-11-19-17(13)15/h4-7,10-11,14,16,20H,1-3,8-9H2. The van der Waals surface area contributed by atoms with Crippen LogP contribution in [0, 0.1) is 11.3 Å². The Labute approximate surface area is 119 Å². The smallest absolute Gasteiger partial charge is 0.123 e. The van der Waals surface area contributed by atoms with Crippen LogP contribution in [0.25, 0.3) is 10.9 Å². The summed E-state index contributed by atoms with van der Waals surface area (Å²) < 4.78 is 0. The van der Waals surface area contributed by atoms with Gasteiger partial charge in [0.2, 0.25) is 0 Å². The maximum Gasteiger partial charge on any atom is 0.123 e. The van der Waals surface area contributed by atoms with Gasteiger partial charge in [-0.2, -0.15) is 5.26 Å². The van der Waals surface area contributed by atoms with Gasteiger partial charge in [0, 0.05) is 23.2 Å². The van der Waals surface area contributed by atoms with Crippen LogP contribution in [0.4, 0.5) is 0 Å². The number of rotatable bonds is 3. The van der Waals surface area contributed by atoms with E-state index in [9.17, 15) is 5.26 Å². The quantitative estimate of drug-likeness (QED) is 0.920. The molecule has 0 spiro atoms. The lowest BCUT2D eigenvalue weighted by Gasteiger charge is -2.25. The predicted octanol–water partition coefficient (Wildman–Crippen LogP) is 3.72. The van der Waals surface area contributed by atoms with E-state index in [2.05, 4.69) is 16.4 Å². The third-order valence-corrected chi connectivity index (χ3v) is 4.11. The second-order valence-corrected chi connectivity index (χ2v) is 5.49. The first-order valence-corrected chi connectivity index (χ1v) is 7.38. The van der Waals surface area contributed by atoms with E-state index in [1.165, 1.54) is 32.1 Å². The highest BCUT2D eigenvalue weighted by molar-refractivity contribution is 5.82. The van der Waals surface area contributed by atoms with Gasteiger partial charge < -0.3 is 0 Å². The fourth-order valence-electron chi connectivity index (χ4n) is 3.06. The largest absolute Gasteiger partial charge is 0.295 e. The molecule has 0 radical (unpaired) electrons. The zero-order chi connectivity index (χ0) is 13.8. The molecular formula is C17H19N3. The van der Waals surface area contributed by atoms with Gasteiger partial charge in [0.25, 0.3) is 0 Å². The molecule has 3 rings (SSSR count). The third kappa shape index (κ3) is 2.66. The first-order chi connectivity index (χ1) is 9.88. The molecule has 1 aliphatic rings. The average molecular weight is 265 g/mol. The molecule has 1 aromatic carbocycles. The Balaban J connectivity index is 1.89. The van der Waals surface area contributed by atoms with Crippen LogP contribution in [0.2, 0.25) is 0 Å². The van der Waals surface area contributed by atoms with E-state index in [4.69, 9.17) is 0 Å². The number of para-hydroxylation sites is 1. The van der Waals surface area contributed by atoms with Crippen LogP contribution in [0.1, 0.15) is 43.7 Å². The molecule has 1 atom stereocenters. The highest BCUT2D eigenvalue weighted by Gasteiger charge is 2.20. The SMILES string of the molecule is N#CC(NC1CCCCC1)c1cccc2cccnc12. The van der Waals surface area contributed by atoms with Gasteiger partial charge >= 0.3 is 0 Å². The topological polar surface area (TPSA) is 48.7 Å². The number of pyridine rings is 1. The van der Waals surface area contributed by atoms with E-state index < -0.39 is 0 Å². The summed E-state index contributed by atoms with van der Waals surface area (Å²) in [6.45, 7) is 0. The second kappa shape index (κ2) is 6.02. The normalized spacial score (nSPS) is 17.8. The molecule has 1 fully saturated rings. The minimum absolute atomic E-state index is 0.267. The summed E-state index contributed by atoms with van der Waals surface area (Å²) in [7, 11) is 0. The highest BCUT2D eigenvalue weighted by Crippen LogP contribution is 2.25. The number of nitrogens with zero attached hydrogens (tertiary/aromatic N) is 2. The summed E-state index contributed by atoms with van der Waals surface area (Å²) in [5.74, 6) is 0. The van der Waals surface area contributed by atoms with Gasteiger partial charge in [-0.15, -0.1) is 0 Å². The van der Waals surface area contributed by atoms with Gasteiger partial charge in [-0.1, -0.05) is 43.5 Å². The van der Waals surface area contributed by atoms with E-state index >= 15 is 0 Å². The van der Waals surface area contributed by atoms with Crippen molar-refractivity contribution in [3.8, 4) is 6.07 Å². The summed E-state index contributed by atoms with van der Waals surface area (Å²) >= 11 is 0. The molecule has 1 aliphatic carbocycles. The van der Waals surface area contributed by atoms with E-state index in [0.29, 0.717) is 6.04 Å². The van der Waals surface area contributed by atoms with Crippen molar-refractivity contribution in [2.75, 3.05) is 0 Å². The van der Waals surface area contributed by atoms with Gasteiger partial charge in [0.15, 0.2) is 0 Å². The van der Waals surface area contributed by atoms with Crippen molar-refractivity contribution < 1.29 is 0 Å². The lowest BCUT2D eigenvalue weighted by molar-refractivity contribution is 0.360.